The average molecular weight is 319 g/mol. The summed E-state index contributed by atoms with van der Waals surface area (Å²) >= 11 is 1.43. The third-order valence-electron chi connectivity index (χ3n) is 3.28. The van der Waals surface area contributed by atoms with Crippen molar-refractivity contribution in [2.45, 2.75) is 18.9 Å². The van der Waals surface area contributed by atoms with Crippen LogP contribution in [0, 0.1) is 0 Å². The number of ether oxygens (including phenoxy) is 2. The van der Waals surface area contributed by atoms with Gasteiger partial charge in [0.25, 0.3) is 5.91 Å². The van der Waals surface area contributed by atoms with Crippen LogP contribution in [0.1, 0.15) is 12.1 Å². The van der Waals surface area contributed by atoms with E-state index in [9.17, 15) is 4.79 Å². The summed E-state index contributed by atoms with van der Waals surface area (Å²) < 4.78 is 11.2. The Morgan fingerprint density at radius 3 is 3.00 bits per heavy atom. The van der Waals surface area contributed by atoms with Crippen LogP contribution in [0.15, 0.2) is 29.6 Å². The molecule has 1 aromatic carbocycles. The Balaban J connectivity index is 1.43. The highest BCUT2D eigenvalue weighted by Gasteiger charge is 2.26. The van der Waals surface area contributed by atoms with Crippen LogP contribution in [0.3, 0.4) is 0 Å². The minimum Gasteiger partial charge on any atom is -0.485 e. The molecular weight excluding hydrogens is 302 g/mol. The molecule has 116 valence electrons. The molecule has 0 unspecified atom stereocenters. The lowest BCUT2D eigenvalue weighted by molar-refractivity contribution is -0.130. The number of nitrogens with two attached hydrogens (primary N) is 1. The Hall–Kier alpha value is -2.28. The molecule has 0 fully saturated rings. The molecule has 1 aromatic heterocycles. The van der Waals surface area contributed by atoms with Gasteiger partial charge in [-0.05, 0) is 25.0 Å². The van der Waals surface area contributed by atoms with Gasteiger partial charge in [-0.15, -0.1) is 11.3 Å². The number of thiazole rings is 1. The zero-order chi connectivity index (χ0) is 15.4. The molecule has 22 heavy (non-hydrogen) atoms. The number of nitrogens with one attached hydrogen (secondary N) is 1. The van der Waals surface area contributed by atoms with Gasteiger partial charge in [-0.1, -0.05) is 12.1 Å². The van der Waals surface area contributed by atoms with Gasteiger partial charge >= 0.3 is 0 Å². The fraction of sp³-hybridized carbons (Fsp3) is 0.333. The number of para-hydroxylation sites is 2. The number of nitrogens with zero attached hydrogens (tertiary/aromatic N) is 1. The largest absolute Gasteiger partial charge is 0.485 e. The Bertz CT molecular complexity index is 659. The molecule has 3 rings (SSSR count). The summed E-state index contributed by atoms with van der Waals surface area (Å²) in [5.41, 5.74) is 6.54. The number of anilines is 1. The third kappa shape index (κ3) is 3.48. The number of carbonyl (C=O) groups is 1. The van der Waals surface area contributed by atoms with Crippen molar-refractivity contribution in [3.63, 3.8) is 0 Å². The van der Waals surface area contributed by atoms with Crippen molar-refractivity contribution in [2.24, 2.45) is 0 Å². The van der Waals surface area contributed by atoms with Crippen molar-refractivity contribution in [1.29, 1.82) is 0 Å². The minimum atomic E-state index is -0.607. The maximum absolute atomic E-state index is 12.1. The Labute approximate surface area is 132 Å². The summed E-state index contributed by atoms with van der Waals surface area (Å²) in [5, 5.41) is 5.37. The second-order valence-corrected chi connectivity index (χ2v) is 5.83. The fourth-order valence-corrected chi connectivity index (χ4v) is 2.78. The topological polar surface area (TPSA) is 86.5 Å². The van der Waals surface area contributed by atoms with E-state index in [0.717, 1.165) is 18.5 Å². The second-order valence-electron chi connectivity index (χ2n) is 4.94. The highest BCUT2D eigenvalue weighted by atomic mass is 32.1. The number of amides is 1. The smallest absolute Gasteiger partial charge is 0.264 e. The Kier molecular flexibility index (Phi) is 4.43. The summed E-state index contributed by atoms with van der Waals surface area (Å²) in [6.45, 7) is 0.795. The Morgan fingerprint density at radius 2 is 2.23 bits per heavy atom. The van der Waals surface area contributed by atoms with Gasteiger partial charge in [0.2, 0.25) is 6.10 Å². The van der Waals surface area contributed by atoms with Gasteiger partial charge < -0.3 is 20.5 Å². The first-order valence-corrected chi connectivity index (χ1v) is 7.96. The number of aromatic nitrogens is 1. The van der Waals surface area contributed by atoms with E-state index in [1.54, 1.807) is 6.07 Å². The van der Waals surface area contributed by atoms with Gasteiger partial charge in [-0.2, -0.15) is 0 Å². The maximum Gasteiger partial charge on any atom is 0.264 e. The lowest BCUT2D eigenvalue weighted by Gasteiger charge is -2.25. The molecule has 7 heteroatoms. The van der Waals surface area contributed by atoms with Crippen LogP contribution >= 0.6 is 11.3 Å². The van der Waals surface area contributed by atoms with Crippen LogP contribution in [-0.2, 0) is 11.2 Å². The molecule has 0 aliphatic carbocycles. The number of fused-ring (bicyclic) bond motifs is 1. The van der Waals surface area contributed by atoms with Crippen molar-refractivity contribution in [1.82, 2.24) is 10.3 Å². The molecule has 1 amide bonds. The van der Waals surface area contributed by atoms with Gasteiger partial charge in [-0.25, -0.2) is 4.98 Å². The van der Waals surface area contributed by atoms with Crippen molar-refractivity contribution < 1.29 is 14.3 Å². The SMILES string of the molecule is Nc1nc(CCCNC(=O)[C@H]2COc3ccccc3O2)cs1. The number of carbonyl (C=O) groups excluding carboxylic acids is 1. The van der Waals surface area contributed by atoms with Crippen LogP contribution in [-0.4, -0.2) is 30.1 Å². The van der Waals surface area contributed by atoms with Gasteiger partial charge in [0.05, 0.1) is 5.69 Å². The van der Waals surface area contributed by atoms with Gasteiger partial charge in [0.1, 0.15) is 6.61 Å². The van der Waals surface area contributed by atoms with E-state index in [2.05, 4.69) is 10.3 Å². The van der Waals surface area contributed by atoms with Gasteiger partial charge in [0.15, 0.2) is 16.6 Å². The number of nitrogen functional groups attached to an aromatic ring is 1. The summed E-state index contributed by atoms with van der Waals surface area (Å²) in [4.78, 5) is 16.3. The number of aryl methyl sites for hydroxylation is 1. The standard InChI is InChI=1S/C15H17N3O3S/c16-15-18-10(9-22-15)4-3-7-17-14(19)13-8-20-11-5-1-2-6-12(11)21-13/h1-2,5-6,9,13H,3-4,7-8H2,(H2,16,18)(H,17,19)/t13-/m1/s1. The van der Waals surface area contributed by atoms with E-state index in [0.29, 0.717) is 23.2 Å². The van der Waals surface area contributed by atoms with Crippen molar-refractivity contribution in [3.05, 3.63) is 35.3 Å². The quantitative estimate of drug-likeness (QED) is 0.818. The number of rotatable bonds is 5. The average Bonchev–Trinajstić information content (AvgIpc) is 2.96. The molecule has 3 N–H and O–H groups in total. The lowest BCUT2D eigenvalue weighted by Crippen LogP contribution is -2.44. The first-order chi connectivity index (χ1) is 10.7. The van der Waals surface area contributed by atoms with Crippen LogP contribution < -0.4 is 20.5 Å². The summed E-state index contributed by atoms with van der Waals surface area (Å²) in [6, 6.07) is 7.33. The fourth-order valence-electron chi connectivity index (χ4n) is 2.18. The molecule has 2 aromatic rings. The van der Waals surface area contributed by atoms with E-state index >= 15 is 0 Å². The highest BCUT2D eigenvalue weighted by molar-refractivity contribution is 7.13. The molecular formula is C15H17N3O3S. The van der Waals surface area contributed by atoms with Gasteiger partial charge in [-0.3, -0.25) is 4.79 Å². The summed E-state index contributed by atoms with van der Waals surface area (Å²) in [6.07, 6.45) is 0.989. The van der Waals surface area contributed by atoms with Crippen molar-refractivity contribution in [3.8, 4) is 11.5 Å². The molecule has 0 saturated carbocycles. The lowest BCUT2D eigenvalue weighted by atomic mass is 10.2. The molecule has 1 atom stereocenters. The molecule has 2 heterocycles. The van der Waals surface area contributed by atoms with Crippen LogP contribution in [0.5, 0.6) is 11.5 Å². The molecule has 0 radical (unpaired) electrons. The van der Waals surface area contributed by atoms with Crippen molar-refractivity contribution in [2.75, 3.05) is 18.9 Å². The van der Waals surface area contributed by atoms with Crippen LogP contribution in [0.2, 0.25) is 0 Å². The van der Waals surface area contributed by atoms with E-state index in [1.807, 2.05) is 23.6 Å². The number of hydrogen-bond acceptors (Lipinski definition) is 6. The zero-order valence-electron chi connectivity index (χ0n) is 12.0. The zero-order valence-corrected chi connectivity index (χ0v) is 12.8. The van der Waals surface area contributed by atoms with Gasteiger partial charge in [0, 0.05) is 11.9 Å². The van der Waals surface area contributed by atoms with Crippen LogP contribution in [0.25, 0.3) is 0 Å². The van der Waals surface area contributed by atoms with Crippen LogP contribution in [0.4, 0.5) is 5.13 Å². The normalized spacial score (nSPS) is 16.3. The molecule has 0 spiro atoms. The number of benzene rings is 1. The number of hydrogen-bond donors (Lipinski definition) is 2. The summed E-state index contributed by atoms with van der Waals surface area (Å²) in [7, 11) is 0. The molecule has 1 aliphatic heterocycles. The molecule has 0 bridgehead atoms. The molecule has 0 saturated heterocycles. The second kappa shape index (κ2) is 6.65. The Morgan fingerprint density at radius 1 is 1.41 bits per heavy atom. The van der Waals surface area contributed by atoms with E-state index in [4.69, 9.17) is 15.2 Å². The van der Waals surface area contributed by atoms with E-state index < -0.39 is 6.10 Å². The summed E-state index contributed by atoms with van der Waals surface area (Å²) in [5.74, 6) is 1.12. The minimum absolute atomic E-state index is 0.160. The van der Waals surface area contributed by atoms with Crippen molar-refractivity contribution >= 4 is 22.4 Å². The molecule has 6 nitrogen and oxygen atoms in total. The van der Waals surface area contributed by atoms with E-state index in [1.165, 1.54) is 11.3 Å². The maximum atomic E-state index is 12.1. The first kappa shape index (κ1) is 14.6. The highest BCUT2D eigenvalue weighted by Crippen LogP contribution is 2.30. The van der Waals surface area contributed by atoms with E-state index in [-0.39, 0.29) is 12.5 Å². The molecule has 1 aliphatic rings. The predicted molar refractivity (Wildman–Crippen MR) is 84.2 cm³/mol. The third-order valence-corrected chi connectivity index (χ3v) is 4.00. The predicted octanol–water partition coefficient (Wildman–Crippen LogP) is 1.61. The monoisotopic (exact) mass is 319 g/mol. The first-order valence-electron chi connectivity index (χ1n) is 7.08.